The highest BCUT2D eigenvalue weighted by Gasteiger charge is 2.36. The molecule has 24 heavy (non-hydrogen) atoms. The number of benzene rings is 1. The second-order valence-electron chi connectivity index (χ2n) is 6.50. The number of hydrogen-bond acceptors (Lipinski definition) is 4. The Morgan fingerprint density at radius 2 is 1.92 bits per heavy atom. The molecule has 0 bridgehead atoms. The monoisotopic (exact) mass is 348 g/mol. The second kappa shape index (κ2) is 5.56. The zero-order chi connectivity index (χ0) is 16.9. The molecule has 1 N–H and O–H groups in total. The first kappa shape index (κ1) is 15.6. The first-order valence-electron chi connectivity index (χ1n) is 8.20. The number of carbonyl (C=O) groups excluding carboxylic acids is 1. The summed E-state index contributed by atoms with van der Waals surface area (Å²) in [4.78, 5) is 21.5. The van der Waals surface area contributed by atoms with Crippen LogP contribution in [0.3, 0.4) is 0 Å². The summed E-state index contributed by atoms with van der Waals surface area (Å²) in [6.45, 7) is 3.48. The summed E-state index contributed by atoms with van der Waals surface area (Å²) in [6, 6.07) is 4.95. The van der Waals surface area contributed by atoms with E-state index in [0.29, 0.717) is 26.2 Å². The Kier molecular flexibility index (Phi) is 3.61. The number of hydrogen-bond donors (Lipinski definition) is 1. The van der Waals surface area contributed by atoms with Crippen molar-refractivity contribution in [3.05, 3.63) is 24.0 Å². The van der Waals surface area contributed by atoms with Gasteiger partial charge in [0.05, 0.1) is 15.9 Å². The molecule has 8 heteroatoms. The average molecular weight is 348 g/mol. The Bertz CT molecular complexity index is 893. The van der Waals surface area contributed by atoms with E-state index in [-0.39, 0.29) is 16.7 Å². The van der Waals surface area contributed by atoms with Crippen LogP contribution in [0.1, 0.15) is 18.7 Å². The molecular formula is C16H20N4O3S. The molecular weight excluding hydrogens is 328 g/mol. The van der Waals surface area contributed by atoms with E-state index in [2.05, 4.69) is 9.97 Å². The first-order valence-corrected chi connectivity index (χ1v) is 9.64. The molecule has 1 saturated heterocycles. The van der Waals surface area contributed by atoms with Gasteiger partial charge in [0.1, 0.15) is 5.82 Å². The van der Waals surface area contributed by atoms with Crippen LogP contribution in [0.25, 0.3) is 11.0 Å². The number of amides is 1. The fourth-order valence-electron chi connectivity index (χ4n) is 3.16. The molecule has 0 atom stereocenters. The Morgan fingerprint density at radius 3 is 2.58 bits per heavy atom. The smallest absolute Gasteiger partial charge is 0.243 e. The SMILES string of the molecule is Cc1nc2ccc(S(=O)(=O)N3CCN(C(=O)C4CC4)CC3)cc2[nH]1. The molecule has 7 nitrogen and oxygen atoms in total. The molecule has 0 spiro atoms. The van der Waals surface area contributed by atoms with Crippen molar-refractivity contribution in [3.8, 4) is 0 Å². The number of sulfonamides is 1. The lowest BCUT2D eigenvalue weighted by molar-refractivity contribution is -0.133. The number of aryl methyl sites for hydroxylation is 1. The van der Waals surface area contributed by atoms with Crippen LogP contribution in [-0.2, 0) is 14.8 Å². The third-order valence-electron chi connectivity index (χ3n) is 4.69. The fraction of sp³-hybridized carbons (Fsp3) is 0.500. The maximum atomic E-state index is 12.8. The minimum Gasteiger partial charge on any atom is -0.342 e. The molecule has 1 aliphatic carbocycles. The summed E-state index contributed by atoms with van der Waals surface area (Å²) in [6.07, 6.45) is 1.95. The van der Waals surface area contributed by atoms with Crippen LogP contribution in [0.5, 0.6) is 0 Å². The van der Waals surface area contributed by atoms with E-state index in [1.54, 1.807) is 23.1 Å². The molecule has 1 saturated carbocycles. The molecule has 0 radical (unpaired) electrons. The lowest BCUT2D eigenvalue weighted by atomic mass is 10.3. The number of nitrogens with zero attached hydrogens (tertiary/aromatic N) is 3. The quantitative estimate of drug-likeness (QED) is 0.900. The van der Waals surface area contributed by atoms with Crippen LogP contribution < -0.4 is 0 Å². The predicted octanol–water partition coefficient (Wildman–Crippen LogP) is 1.11. The number of carbonyl (C=O) groups is 1. The van der Waals surface area contributed by atoms with E-state index < -0.39 is 10.0 Å². The van der Waals surface area contributed by atoms with E-state index in [1.807, 2.05) is 6.92 Å². The molecule has 2 heterocycles. The van der Waals surface area contributed by atoms with E-state index >= 15 is 0 Å². The minimum atomic E-state index is -3.55. The number of piperazine rings is 1. The summed E-state index contributed by atoms with van der Waals surface area (Å²) >= 11 is 0. The Balaban J connectivity index is 1.52. The van der Waals surface area contributed by atoms with E-state index in [9.17, 15) is 13.2 Å². The average Bonchev–Trinajstić information content (AvgIpc) is 3.35. The van der Waals surface area contributed by atoms with Gasteiger partial charge in [0.15, 0.2) is 0 Å². The van der Waals surface area contributed by atoms with Crippen LogP contribution in [0.4, 0.5) is 0 Å². The van der Waals surface area contributed by atoms with Crippen LogP contribution in [-0.4, -0.2) is 59.7 Å². The maximum absolute atomic E-state index is 12.8. The Hall–Kier alpha value is -1.93. The van der Waals surface area contributed by atoms with Crippen LogP contribution >= 0.6 is 0 Å². The lowest BCUT2D eigenvalue weighted by Gasteiger charge is -2.34. The van der Waals surface area contributed by atoms with Gasteiger partial charge < -0.3 is 9.88 Å². The molecule has 128 valence electrons. The molecule has 4 rings (SSSR count). The number of fused-ring (bicyclic) bond motifs is 1. The van der Waals surface area contributed by atoms with Crippen molar-refractivity contribution in [2.24, 2.45) is 5.92 Å². The van der Waals surface area contributed by atoms with E-state index in [4.69, 9.17) is 0 Å². The third-order valence-corrected chi connectivity index (χ3v) is 6.58. The van der Waals surface area contributed by atoms with Crippen LogP contribution in [0.15, 0.2) is 23.1 Å². The van der Waals surface area contributed by atoms with Gasteiger partial charge in [-0.05, 0) is 38.0 Å². The van der Waals surface area contributed by atoms with Crippen molar-refractivity contribution in [1.82, 2.24) is 19.2 Å². The van der Waals surface area contributed by atoms with Gasteiger partial charge in [-0.1, -0.05) is 0 Å². The molecule has 1 amide bonds. The third kappa shape index (κ3) is 2.69. The van der Waals surface area contributed by atoms with Crippen molar-refractivity contribution >= 4 is 27.0 Å². The summed E-state index contributed by atoms with van der Waals surface area (Å²) in [7, 11) is -3.55. The summed E-state index contributed by atoms with van der Waals surface area (Å²) in [5.41, 5.74) is 1.47. The van der Waals surface area contributed by atoms with Crippen LogP contribution in [0, 0.1) is 12.8 Å². The van der Waals surface area contributed by atoms with Crippen molar-refractivity contribution in [2.75, 3.05) is 26.2 Å². The zero-order valence-electron chi connectivity index (χ0n) is 13.5. The number of aromatic nitrogens is 2. The van der Waals surface area contributed by atoms with Gasteiger partial charge in [0.25, 0.3) is 0 Å². The van der Waals surface area contributed by atoms with Gasteiger partial charge in [-0.2, -0.15) is 4.31 Å². The van der Waals surface area contributed by atoms with Gasteiger partial charge in [0, 0.05) is 32.1 Å². The number of rotatable bonds is 3. The molecule has 1 aromatic heterocycles. The minimum absolute atomic E-state index is 0.180. The molecule has 2 fully saturated rings. The summed E-state index contributed by atoms with van der Waals surface area (Å²) in [5.74, 6) is 1.12. The van der Waals surface area contributed by atoms with Gasteiger partial charge in [-0.15, -0.1) is 0 Å². The molecule has 1 aromatic carbocycles. The van der Waals surface area contributed by atoms with Crippen LogP contribution in [0.2, 0.25) is 0 Å². The molecule has 2 aromatic rings. The lowest BCUT2D eigenvalue weighted by Crippen LogP contribution is -2.50. The number of H-pyrrole nitrogens is 1. The van der Waals surface area contributed by atoms with Gasteiger partial charge in [-0.3, -0.25) is 4.79 Å². The first-order chi connectivity index (χ1) is 11.4. The Morgan fingerprint density at radius 1 is 1.21 bits per heavy atom. The van der Waals surface area contributed by atoms with Crippen molar-refractivity contribution in [1.29, 1.82) is 0 Å². The van der Waals surface area contributed by atoms with Crippen molar-refractivity contribution in [3.63, 3.8) is 0 Å². The highest BCUT2D eigenvalue weighted by Crippen LogP contribution is 2.31. The highest BCUT2D eigenvalue weighted by molar-refractivity contribution is 7.89. The number of nitrogens with one attached hydrogen (secondary N) is 1. The van der Waals surface area contributed by atoms with Crippen molar-refractivity contribution in [2.45, 2.75) is 24.7 Å². The number of imidazole rings is 1. The van der Waals surface area contributed by atoms with Gasteiger partial charge in [-0.25, -0.2) is 13.4 Å². The van der Waals surface area contributed by atoms with Gasteiger partial charge in [0.2, 0.25) is 15.9 Å². The summed E-state index contributed by atoms with van der Waals surface area (Å²) < 4.78 is 27.2. The zero-order valence-corrected chi connectivity index (χ0v) is 14.3. The fourth-order valence-corrected chi connectivity index (χ4v) is 4.61. The standard InChI is InChI=1S/C16H20N4O3S/c1-11-17-14-5-4-13(10-15(14)18-11)24(22,23)20-8-6-19(7-9-20)16(21)12-2-3-12/h4-5,10,12H,2-3,6-9H2,1H3,(H,17,18). The maximum Gasteiger partial charge on any atom is 0.243 e. The van der Waals surface area contributed by atoms with Gasteiger partial charge >= 0.3 is 0 Å². The number of aromatic amines is 1. The highest BCUT2D eigenvalue weighted by atomic mass is 32.2. The Labute approximate surface area is 140 Å². The largest absolute Gasteiger partial charge is 0.342 e. The second-order valence-corrected chi connectivity index (χ2v) is 8.44. The van der Waals surface area contributed by atoms with E-state index in [0.717, 1.165) is 29.7 Å². The molecule has 1 aliphatic heterocycles. The summed E-state index contributed by atoms with van der Waals surface area (Å²) in [5, 5.41) is 0. The molecule has 2 aliphatic rings. The molecule has 0 unspecified atom stereocenters. The van der Waals surface area contributed by atoms with Crippen molar-refractivity contribution < 1.29 is 13.2 Å². The van der Waals surface area contributed by atoms with E-state index in [1.165, 1.54) is 4.31 Å². The normalized spacial score (nSPS) is 19.8. The predicted molar refractivity (Wildman–Crippen MR) is 88.9 cm³/mol. The topological polar surface area (TPSA) is 86.4 Å².